The highest BCUT2D eigenvalue weighted by molar-refractivity contribution is 5.78. The molecule has 0 aromatic carbocycles. The molecular formula is C5H11NO2. The molecule has 0 amide bonds. The molecule has 0 aliphatic rings. The second-order valence-corrected chi connectivity index (χ2v) is 1.66. The van der Waals surface area contributed by atoms with E-state index in [9.17, 15) is 4.79 Å². The molecule has 0 aromatic heterocycles. The Morgan fingerprint density at radius 3 is 2.50 bits per heavy atom. The molecule has 48 valence electrons. The van der Waals surface area contributed by atoms with Gasteiger partial charge in [0.1, 0.15) is 12.0 Å². The lowest BCUT2D eigenvalue weighted by Gasteiger charge is -1.98. The number of hydrogen-bond acceptors (Lipinski definition) is 3. The van der Waals surface area contributed by atoms with Crippen LogP contribution < -0.4 is 5.73 Å². The van der Waals surface area contributed by atoms with Crippen molar-refractivity contribution in [2.45, 2.75) is 26.0 Å². The zero-order chi connectivity index (χ0) is 6.57. The summed E-state index contributed by atoms with van der Waals surface area (Å²) in [7, 11) is 0. The number of ketones is 1. The number of nitrogens with two attached hydrogens (primary N) is 1. The Morgan fingerprint density at radius 1 is 1.88 bits per heavy atom. The Kier molecular flexibility index (Phi) is 3.39. The van der Waals surface area contributed by atoms with Crippen LogP contribution in [0.5, 0.6) is 0 Å². The van der Waals surface area contributed by atoms with Crippen LogP contribution in [0, 0.1) is 0 Å². The van der Waals surface area contributed by atoms with Crippen LogP contribution in [0.4, 0.5) is 0 Å². The second-order valence-electron chi connectivity index (χ2n) is 1.66. The van der Waals surface area contributed by atoms with Crippen molar-refractivity contribution in [3.05, 3.63) is 0 Å². The van der Waals surface area contributed by atoms with Crippen LogP contribution in [0.3, 0.4) is 0 Å². The van der Waals surface area contributed by atoms with E-state index in [1.807, 2.05) is 0 Å². The summed E-state index contributed by atoms with van der Waals surface area (Å²) in [6, 6.07) is 0. The van der Waals surface area contributed by atoms with E-state index in [2.05, 4.69) is 0 Å². The minimum atomic E-state index is -0.970. The molecule has 0 rings (SSSR count). The predicted octanol–water partition coefficient (Wildman–Crippen LogP) is -0.367. The van der Waals surface area contributed by atoms with Gasteiger partial charge < -0.3 is 10.8 Å². The van der Waals surface area contributed by atoms with Crippen LogP contribution in [0.25, 0.3) is 0 Å². The molecule has 0 heterocycles. The third-order valence-electron chi connectivity index (χ3n) is 0.831. The van der Waals surface area contributed by atoms with E-state index < -0.39 is 6.23 Å². The number of carbonyl (C=O) groups is 1. The maximum absolute atomic E-state index is 10.4. The molecule has 0 saturated heterocycles. The molecule has 0 fully saturated rings. The summed E-state index contributed by atoms with van der Waals surface area (Å²) in [6.45, 7) is 1.74. The van der Waals surface area contributed by atoms with Crippen molar-refractivity contribution in [1.29, 1.82) is 0 Å². The van der Waals surface area contributed by atoms with Crippen LogP contribution in [0.1, 0.15) is 19.8 Å². The van der Waals surface area contributed by atoms with E-state index in [1.165, 1.54) is 0 Å². The highest BCUT2D eigenvalue weighted by Crippen LogP contribution is 1.88. The van der Waals surface area contributed by atoms with Gasteiger partial charge >= 0.3 is 0 Å². The molecule has 0 aromatic rings. The normalized spacial score (nSPS) is 13.4. The molecule has 0 aliphatic carbocycles. The second kappa shape index (κ2) is 3.57. The molecule has 0 aliphatic heterocycles. The Labute approximate surface area is 48.5 Å². The summed E-state index contributed by atoms with van der Waals surface area (Å²) < 4.78 is 0. The minimum Gasteiger partial charge on any atom is -0.378 e. The molecular weight excluding hydrogens is 106 g/mol. The molecule has 0 saturated carbocycles. The highest BCUT2D eigenvalue weighted by Gasteiger charge is 2.01. The third kappa shape index (κ3) is 3.77. The van der Waals surface area contributed by atoms with Gasteiger partial charge in [-0.15, -0.1) is 0 Å². The van der Waals surface area contributed by atoms with E-state index in [1.54, 1.807) is 6.92 Å². The van der Waals surface area contributed by atoms with Crippen LogP contribution >= 0.6 is 0 Å². The van der Waals surface area contributed by atoms with Gasteiger partial charge in [-0.25, -0.2) is 0 Å². The smallest absolute Gasteiger partial charge is 0.136 e. The highest BCUT2D eigenvalue weighted by atomic mass is 16.3. The zero-order valence-electron chi connectivity index (χ0n) is 4.92. The lowest BCUT2D eigenvalue weighted by molar-refractivity contribution is -0.120. The van der Waals surface area contributed by atoms with Gasteiger partial charge in [-0.05, 0) is 0 Å². The van der Waals surface area contributed by atoms with Gasteiger partial charge in [0.2, 0.25) is 0 Å². The van der Waals surface area contributed by atoms with Crippen LogP contribution in [-0.4, -0.2) is 17.1 Å². The third-order valence-corrected chi connectivity index (χ3v) is 0.831. The summed E-state index contributed by atoms with van der Waals surface area (Å²) in [5.41, 5.74) is 4.90. The number of hydrogen-bond donors (Lipinski definition) is 2. The molecule has 3 N–H and O–H groups in total. The monoisotopic (exact) mass is 117 g/mol. The standard InChI is InChI=1S/C5H11NO2/c1-2-4(7)3-5(6)8/h5,8H,2-3,6H2,1H3. The Morgan fingerprint density at radius 2 is 2.38 bits per heavy atom. The first-order valence-electron chi connectivity index (χ1n) is 2.62. The van der Waals surface area contributed by atoms with Crippen molar-refractivity contribution < 1.29 is 9.90 Å². The fourth-order valence-electron chi connectivity index (χ4n) is 0.378. The fourth-order valence-corrected chi connectivity index (χ4v) is 0.378. The summed E-state index contributed by atoms with van der Waals surface area (Å²) in [5.74, 6) is 0.000000000000000444. The van der Waals surface area contributed by atoms with Crippen LogP contribution in [0.2, 0.25) is 0 Å². The van der Waals surface area contributed by atoms with Crippen molar-refractivity contribution in [3.8, 4) is 0 Å². The van der Waals surface area contributed by atoms with Gasteiger partial charge in [0.15, 0.2) is 0 Å². The Hall–Kier alpha value is -0.410. The molecule has 3 nitrogen and oxygen atoms in total. The molecule has 1 atom stereocenters. The van der Waals surface area contributed by atoms with Crippen LogP contribution in [0.15, 0.2) is 0 Å². The molecule has 3 heteroatoms. The van der Waals surface area contributed by atoms with E-state index in [0.29, 0.717) is 6.42 Å². The van der Waals surface area contributed by atoms with E-state index in [0.717, 1.165) is 0 Å². The zero-order valence-corrected chi connectivity index (χ0v) is 4.92. The average molecular weight is 117 g/mol. The Bertz CT molecular complexity index is 80.5. The van der Waals surface area contributed by atoms with Gasteiger partial charge in [-0.2, -0.15) is 0 Å². The first-order chi connectivity index (χ1) is 3.66. The topological polar surface area (TPSA) is 63.3 Å². The number of rotatable bonds is 3. The van der Waals surface area contributed by atoms with E-state index >= 15 is 0 Å². The summed E-state index contributed by atoms with van der Waals surface area (Å²) in [4.78, 5) is 10.4. The summed E-state index contributed by atoms with van der Waals surface area (Å²) in [6.07, 6.45) is -0.437. The molecule has 1 unspecified atom stereocenters. The van der Waals surface area contributed by atoms with Gasteiger partial charge in [0.25, 0.3) is 0 Å². The molecule has 0 bridgehead atoms. The maximum atomic E-state index is 10.4. The van der Waals surface area contributed by atoms with Crippen molar-refractivity contribution in [3.63, 3.8) is 0 Å². The quantitative estimate of drug-likeness (QED) is 0.496. The average Bonchev–Trinajstić information content (AvgIpc) is 1.65. The number of aliphatic hydroxyl groups excluding tert-OH is 1. The largest absolute Gasteiger partial charge is 0.378 e. The summed E-state index contributed by atoms with van der Waals surface area (Å²) in [5, 5.41) is 8.41. The van der Waals surface area contributed by atoms with Crippen molar-refractivity contribution >= 4 is 5.78 Å². The van der Waals surface area contributed by atoms with Gasteiger partial charge in [0.05, 0.1) is 0 Å². The molecule has 8 heavy (non-hydrogen) atoms. The predicted molar refractivity (Wildman–Crippen MR) is 30.1 cm³/mol. The maximum Gasteiger partial charge on any atom is 0.136 e. The number of Topliss-reactive ketones (excluding diaryl/α,β-unsaturated/α-hetero) is 1. The summed E-state index contributed by atoms with van der Waals surface area (Å²) >= 11 is 0. The first kappa shape index (κ1) is 7.59. The van der Waals surface area contributed by atoms with E-state index in [-0.39, 0.29) is 12.2 Å². The number of aliphatic hydroxyl groups is 1. The minimum absolute atomic E-state index is 0.000000000000000444. The van der Waals surface area contributed by atoms with Crippen molar-refractivity contribution in [2.75, 3.05) is 0 Å². The van der Waals surface area contributed by atoms with Crippen molar-refractivity contribution in [2.24, 2.45) is 5.73 Å². The Balaban J connectivity index is 3.25. The van der Waals surface area contributed by atoms with Gasteiger partial charge in [-0.3, -0.25) is 4.79 Å². The van der Waals surface area contributed by atoms with Crippen LogP contribution in [-0.2, 0) is 4.79 Å². The van der Waals surface area contributed by atoms with Gasteiger partial charge in [0, 0.05) is 12.8 Å². The molecule has 0 spiro atoms. The van der Waals surface area contributed by atoms with E-state index in [4.69, 9.17) is 10.8 Å². The SMILES string of the molecule is CCC(=O)CC(N)O. The van der Waals surface area contributed by atoms with Crippen molar-refractivity contribution in [1.82, 2.24) is 0 Å². The fraction of sp³-hybridized carbons (Fsp3) is 0.800. The van der Waals surface area contributed by atoms with Gasteiger partial charge in [-0.1, -0.05) is 6.92 Å². The lowest BCUT2D eigenvalue weighted by Crippen LogP contribution is -2.22. The lowest BCUT2D eigenvalue weighted by atomic mass is 10.2. The first-order valence-corrected chi connectivity index (χ1v) is 2.62. The molecule has 0 radical (unpaired) electrons. The number of carbonyl (C=O) groups excluding carboxylic acids is 1.